The maximum Gasteiger partial charge on any atom is 1.00 e. The van der Waals surface area contributed by atoms with E-state index in [1.807, 2.05) is 19.1 Å². The third-order valence-corrected chi connectivity index (χ3v) is 7.30. The molecule has 0 bridgehead atoms. The molecular formula is C27H24CrN10Na2O11S+2. The van der Waals surface area contributed by atoms with Gasteiger partial charge in [0.15, 0.2) is 11.4 Å². The zero-order chi connectivity index (χ0) is 36.2. The van der Waals surface area contributed by atoms with Gasteiger partial charge in [-0.05, 0) is 45.0 Å². The minimum Gasteiger partial charge on any atom is -0.505 e. The zero-order valence-electron chi connectivity index (χ0n) is 27.7. The van der Waals surface area contributed by atoms with Gasteiger partial charge < -0.3 is 20.4 Å². The maximum absolute atomic E-state index is 11.4. The normalized spacial score (nSPS) is 13.6. The van der Waals surface area contributed by atoms with Crippen LogP contribution in [0.3, 0.4) is 0 Å². The number of non-ortho nitro benzene ring substituents is 1. The topological polar surface area (TPSA) is 314 Å². The van der Waals surface area contributed by atoms with Gasteiger partial charge in [-0.2, -0.15) is 23.3 Å². The molecule has 2 heterocycles. The molecule has 21 nitrogen and oxygen atoms in total. The molecule has 1 aromatic heterocycles. The number of nitrogens with zero attached hydrogens (tertiary/aromatic N) is 10. The number of aryl methyl sites for hydroxylation is 2. The molecule has 0 fully saturated rings. The minimum atomic E-state index is -4.82. The van der Waals surface area contributed by atoms with Crippen LogP contribution in [0.5, 0.6) is 17.4 Å². The molecule has 0 aliphatic carbocycles. The first-order chi connectivity index (χ1) is 23.0. The maximum atomic E-state index is 11.4. The van der Waals surface area contributed by atoms with Crippen LogP contribution in [0.1, 0.15) is 18.2 Å². The van der Waals surface area contributed by atoms with Crippen LogP contribution in [0.15, 0.2) is 102 Å². The fourth-order valence-corrected chi connectivity index (χ4v) is 4.44. The van der Waals surface area contributed by atoms with Crippen molar-refractivity contribution < 1.29 is 120 Å². The van der Waals surface area contributed by atoms with Crippen LogP contribution in [-0.4, -0.2) is 59.1 Å². The minimum absolute atomic E-state index is 0. The Morgan fingerprint density at radius 2 is 1.46 bits per heavy atom. The van der Waals surface area contributed by atoms with Gasteiger partial charge in [0, 0.05) is 29.5 Å². The SMILES string of the molecule is CC1N=NC(O)=C1N=Nc1ccc([N+](=O)[O-])cc1O.Cc1ccc(-n2nc(C)c(N=Nc3cc(S(=O)(=O)O)cc([N+](=O)[O-])c3O)c2O)cc1.[Cr].[Na+].[Na+]. The van der Waals surface area contributed by atoms with Crippen LogP contribution in [0.25, 0.3) is 5.69 Å². The standard InChI is InChI=1S/C17H15N5O7S.C10H9N5O4.Cr.2Na/c1-9-3-5-11(6-4-9)21-17(24)15(10(2)20-21)19-18-13-7-12(30(27,28)29)8-14(16(13)23)22(25)26;1-5-9(10(17)14-11-5)13-12-7-3-2-6(15(18)19)4-8(7)16;;;/h3-8,23-24H,1-2H3,(H,27,28,29);2-5,16-17H,1H3;;;/q;;;2*+1. The van der Waals surface area contributed by atoms with Crippen LogP contribution < -0.4 is 59.1 Å². The summed E-state index contributed by atoms with van der Waals surface area (Å²) in [4.78, 5) is 19.0. The second-order valence-corrected chi connectivity index (χ2v) is 11.4. The molecule has 0 amide bonds. The van der Waals surface area contributed by atoms with Gasteiger partial charge in [-0.1, -0.05) is 17.7 Å². The van der Waals surface area contributed by atoms with E-state index in [4.69, 9.17) is 0 Å². The van der Waals surface area contributed by atoms with Gasteiger partial charge in [-0.3, -0.25) is 24.8 Å². The van der Waals surface area contributed by atoms with Gasteiger partial charge in [0.25, 0.3) is 21.7 Å². The summed E-state index contributed by atoms with van der Waals surface area (Å²) in [6.07, 6.45) is 0. The molecule has 4 aromatic rings. The third kappa shape index (κ3) is 10.9. The van der Waals surface area contributed by atoms with Gasteiger partial charge in [0.2, 0.25) is 11.6 Å². The van der Waals surface area contributed by atoms with E-state index in [2.05, 4.69) is 35.8 Å². The van der Waals surface area contributed by atoms with Gasteiger partial charge in [-0.15, -0.1) is 25.6 Å². The summed E-state index contributed by atoms with van der Waals surface area (Å²) in [7, 11) is -4.82. The quantitative estimate of drug-likeness (QED) is 0.0534. The number of benzene rings is 3. The number of aliphatic hydroxyl groups excluding tert-OH is 1. The molecule has 25 heteroatoms. The number of rotatable bonds is 8. The third-order valence-electron chi connectivity index (χ3n) is 6.46. The number of aromatic nitrogens is 2. The van der Waals surface area contributed by atoms with Crippen molar-refractivity contribution in [3.05, 3.63) is 97.7 Å². The second kappa shape index (κ2) is 19.1. The largest absolute Gasteiger partial charge is 1.00 e. The van der Waals surface area contributed by atoms with E-state index in [0.29, 0.717) is 17.8 Å². The first kappa shape index (κ1) is 45.9. The van der Waals surface area contributed by atoms with Crippen LogP contribution >= 0.6 is 0 Å². The number of aromatic hydroxyl groups is 3. The van der Waals surface area contributed by atoms with E-state index in [9.17, 15) is 53.6 Å². The second-order valence-electron chi connectivity index (χ2n) is 9.98. The molecule has 0 saturated carbocycles. The Kier molecular flexibility index (Phi) is 16.8. The number of phenols is 2. The van der Waals surface area contributed by atoms with Gasteiger partial charge in [0.05, 0.1) is 27.3 Å². The summed E-state index contributed by atoms with van der Waals surface area (Å²) in [5, 5.41) is 87.0. The Morgan fingerprint density at radius 1 is 0.846 bits per heavy atom. The Bertz CT molecular complexity index is 2210. The van der Waals surface area contributed by atoms with Crippen molar-refractivity contribution in [3.8, 4) is 23.1 Å². The van der Waals surface area contributed by atoms with Crippen LogP contribution in [-0.2, 0) is 27.5 Å². The Morgan fingerprint density at radius 3 is 1.98 bits per heavy atom. The molecule has 0 spiro atoms. The fraction of sp³-hybridized carbons (Fsp3) is 0.148. The summed E-state index contributed by atoms with van der Waals surface area (Å²) in [5.74, 6) is -2.06. The molecule has 0 saturated heterocycles. The number of aliphatic hydroxyl groups is 1. The van der Waals surface area contributed by atoms with Crippen molar-refractivity contribution in [1.29, 1.82) is 0 Å². The Balaban J connectivity index is 0.000000536. The molecule has 1 aliphatic heterocycles. The molecule has 1 atom stereocenters. The number of hydrogen-bond donors (Lipinski definition) is 5. The number of phenolic OH excluding ortho intramolecular Hbond substituents is 2. The van der Waals surface area contributed by atoms with Crippen molar-refractivity contribution in [3.63, 3.8) is 0 Å². The summed E-state index contributed by atoms with van der Waals surface area (Å²) >= 11 is 0. The zero-order valence-corrected chi connectivity index (χ0v) is 33.8. The van der Waals surface area contributed by atoms with Crippen LogP contribution in [0, 0.1) is 34.1 Å². The number of hydrogen-bond acceptors (Lipinski definition) is 17. The number of azo groups is 3. The summed E-state index contributed by atoms with van der Waals surface area (Å²) < 4.78 is 33.1. The van der Waals surface area contributed by atoms with Gasteiger partial charge >= 0.3 is 64.8 Å². The van der Waals surface area contributed by atoms with Crippen molar-refractivity contribution in [1.82, 2.24) is 9.78 Å². The molecule has 5 N–H and O–H groups in total. The van der Waals surface area contributed by atoms with E-state index >= 15 is 0 Å². The van der Waals surface area contributed by atoms with E-state index < -0.39 is 48.0 Å². The molecular weight excluding hydrogens is 770 g/mol. The van der Waals surface area contributed by atoms with E-state index in [0.717, 1.165) is 11.6 Å². The van der Waals surface area contributed by atoms with Crippen LogP contribution in [0.2, 0.25) is 0 Å². The summed E-state index contributed by atoms with van der Waals surface area (Å²) in [5.41, 5.74) is 0.0496. The van der Waals surface area contributed by atoms with E-state index in [1.165, 1.54) is 23.7 Å². The monoisotopic (exact) mass is 794 g/mol. The smallest absolute Gasteiger partial charge is 0.505 e. The van der Waals surface area contributed by atoms with Crippen molar-refractivity contribution in [2.75, 3.05) is 0 Å². The molecule has 3 aromatic carbocycles. The molecule has 5 rings (SSSR count). The number of nitro groups is 2. The molecule has 0 radical (unpaired) electrons. The molecule has 52 heavy (non-hydrogen) atoms. The average Bonchev–Trinajstić information content (AvgIpc) is 3.51. The van der Waals surface area contributed by atoms with Crippen molar-refractivity contribution in [2.45, 2.75) is 31.7 Å². The molecule has 260 valence electrons. The average molecular weight is 795 g/mol. The van der Waals surface area contributed by atoms with E-state index in [1.54, 1.807) is 19.1 Å². The van der Waals surface area contributed by atoms with Gasteiger partial charge in [0.1, 0.15) is 28.1 Å². The van der Waals surface area contributed by atoms with Crippen LogP contribution in [0.4, 0.5) is 28.4 Å². The van der Waals surface area contributed by atoms with Crippen molar-refractivity contribution >= 4 is 38.6 Å². The Hall–Kier alpha value is -4.15. The number of nitro benzene ring substituents is 2. The summed E-state index contributed by atoms with van der Waals surface area (Å²) in [6.45, 7) is 5.08. The van der Waals surface area contributed by atoms with Gasteiger partial charge in [-0.25, -0.2) is 0 Å². The first-order valence-corrected chi connectivity index (χ1v) is 14.9. The summed E-state index contributed by atoms with van der Waals surface area (Å²) in [6, 6.07) is 11.2. The van der Waals surface area contributed by atoms with E-state index in [-0.39, 0.29) is 122 Å². The predicted molar refractivity (Wildman–Crippen MR) is 167 cm³/mol. The fourth-order valence-electron chi connectivity index (χ4n) is 3.92. The predicted octanol–water partition coefficient (Wildman–Crippen LogP) is 0.442. The Labute approximate surface area is 348 Å². The molecule has 1 unspecified atom stereocenters. The molecule has 1 aliphatic rings. The first-order valence-electron chi connectivity index (χ1n) is 13.5. The van der Waals surface area contributed by atoms with Crippen molar-refractivity contribution in [2.24, 2.45) is 30.7 Å².